The first-order chi connectivity index (χ1) is 14.5. The van der Waals surface area contributed by atoms with Crippen molar-refractivity contribution >= 4 is 16.0 Å². The van der Waals surface area contributed by atoms with Gasteiger partial charge in [-0.05, 0) is 43.4 Å². The maximum Gasteiger partial charge on any atom is 0.290 e. The first-order valence-corrected chi connectivity index (χ1v) is 12.3. The van der Waals surface area contributed by atoms with Crippen LogP contribution in [-0.2, 0) is 28.8 Å². The quantitative estimate of drug-likeness (QED) is 0.742. The molecule has 2 aromatic rings. The van der Waals surface area contributed by atoms with Crippen LogP contribution in [0.2, 0.25) is 0 Å². The molecule has 3 aliphatic rings. The molecule has 166 valence electrons. The number of halogens is 2. The van der Waals surface area contributed by atoms with Gasteiger partial charge in [0.25, 0.3) is 5.92 Å². The molecule has 2 N–H and O–H groups in total. The summed E-state index contributed by atoms with van der Waals surface area (Å²) in [4.78, 5) is 10.6. The molecule has 1 aliphatic heterocycles. The normalized spacial score (nSPS) is 26.5. The summed E-state index contributed by atoms with van der Waals surface area (Å²) in [6.07, 6.45) is 1.86. The van der Waals surface area contributed by atoms with Gasteiger partial charge in [-0.25, -0.2) is 23.1 Å². The second-order valence-corrected chi connectivity index (χ2v) is 10.5. The van der Waals surface area contributed by atoms with Gasteiger partial charge in [-0.15, -0.1) is 0 Å². The number of alkyl halides is 2. The molecule has 1 aromatic heterocycles. The van der Waals surface area contributed by atoms with E-state index in [-0.39, 0.29) is 36.6 Å². The van der Waals surface area contributed by atoms with E-state index in [9.17, 15) is 22.3 Å². The Kier molecular flexibility index (Phi) is 4.62. The number of rotatable bonds is 4. The average Bonchev–Trinajstić information content (AvgIpc) is 3.24. The number of fused-ring (bicyclic) bond motifs is 2. The second-order valence-electron chi connectivity index (χ2n) is 8.76. The highest BCUT2D eigenvalue weighted by Gasteiger charge is 2.45. The number of β-amino-alcohol motifs (C(OH)–C–C–N with tert-alkyl or cyclic N) is 1. The van der Waals surface area contributed by atoms with Gasteiger partial charge >= 0.3 is 0 Å². The van der Waals surface area contributed by atoms with Crippen molar-refractivity contribution < 1.29 is 22.3 Å². The number of aliphatic hydroxyl groups excluding tert-OH is 1. The number of benzene rings is 1. The zero-order valence-corrected chi connectivity index (χ0v) is 18.1. The van der Waals surface area contributed by atoms with Crippen LogP contribution in [0.5, 0.6) is 0 Å². The number of nitrogens with one attached hydrogen (secondary N) is 1. The molecule has 31 heavy (non-hydrogen) atoms. The van der Waals surface area contributed by atoms with E-state index in [4.69, 9.17) is 0 Å². The van der Waals surface area contributed by atoms with Crippen molar-refractivity contribution in [3.05, 3.63) is 40.6 Å². The standard InChI is InChI=1S/C21H24F2N4O3S/c1-11-17(28)10-27(11)20-24-18(14-7-8-21(22,23)19(14)25-20)13-4-3-12-5-6-16(15(12)9-13)26-31(2,29)30/h3-4,9,11,16-17,26,28H,5-8,10H2,1-2H3/t11-,16+,17+/m0/s1. The van der Waals surface area contributed by atoms with Crippen LogP contribution < -0.4 is 9.62 Å². The summed E-state index contributed by atoms with van der Waals surface area (Å²) in [6.45, 7) is 2.11. The van der Waals surface area contributed by atoms with Gasteiger partial charge in [0.2, 0.25) is 16.0 Å². The maximum atomic E-state index is 14.6. The molecule has 5 rings (SSSR count). The molecule has 0 radical (unpaired) electrons. The summed E-state index contributed by atoms with van der Waals surface area (Å²) in [5, 5.41) is 9.86. The number of hydrogen-bond acceptors (Lipinski definition) is 6. The molecule has 0 spiro atoms. The molecule has 0 amide bonds. The Bertz CT molecular complexity index is 1170. The van der Waals surface area contributed by atoms with Crippen LogP contribution in [0, 0.1) is 0 Å². The van der Waals surface area contributed by atoms with Crippen LogP contribution in [0.3, 0.4) is 0 Å². The monoisotopic (exact) mass is 450 g/mol. The highest BCUT2D eigenvalue weighted by molar-refractivity contribution is 7.88. The lowest BCUT2D eigenvalue weighted by atomic mass is 9.99. The van der Waals surface area contributed by atoms with Crippen LogP contribution in [-0.4, -0.2) is 48.4 Å². The zero-order chi connectivity index (χ0) is 22.1. The minimum Gasteiger partial charge on any atom is -0.389 e. The van der Waals surface area contributed by atoms with Crippen LogP contribution in [0.1, 0.15) is 48.2 Å². The number of aliphatic hydroxyl groups is 1. The molecular weight excluding hydrogens is 426 g/mol. The molecule has 2 aliphatic carbocycles. The molecule has 0 bridgehead atoms. The third-order valence-electron chi connectivity index (χ3n) is 6.57. The third-order valence-corrected chi connectivity index (χ3v) is 7.29. The predicted octanol–water partition coefficient (Wildman–Crippen LogP) is 2.29. The largest absolute Gasteiger partial charge is 0.389 e. The highest BCUT2D eigenvalue weighted by atomic mass is 32.2. The van der Waals surface area contributed by atoms with Gasteiger partial charge in [0.05, 0.1) is 24.1 Å². The van der Waals surface area contributed by atoms with Crippen molar-refractivity contribution in [3.8, 4) is 11.3 Å². The van der Waals surface area contributed by atoms with Crippen molar-refractivity contribution in [2.24, 2.45) is 0 Å². The zero-order valence-electron chi connectivity index (χ0n) is 17.3. The van der Waals surface area contributed by atoms with Gasteiger partial charge in [0, 0.05) is 30.1 Å². The SMILES string of the molecule is C[C@H]1[C@H](O)CN1c1nc(-c2ccc3c(c2)[C@H](NS(C)(=O)=O)CC3)c2c(n1)C(F)(F)CC2. The molecule has 0 unspecified atom stereocenters. The van der Waals surface area contributed by atoms with Crippen LogP contribution >= 0.6 is 0 Å². The lowest BCUT2D eigenvalue weighted by Crippen LogP contribution is -2.59. The summed E-state index contributed by atoms with van der Waals surface area (Å²) in [5.74, 6) is -2.83. The first kappa shape index (κ1) is 20.7. The van der Waals surface area contributed by atoms with Crippen molar-refractivity contribution in [2.75, 3.05) is 17.7 Å². The predicted molar refractivity (Wildman–Crippen MR) is 112 cm³/mol. The first-order valence-electron chi connectivity index (χ1n) is 10.4. The summed E-state index contributed by atoms with van der Waals surface area (Å²) in [5.41, 5.74) is 3.22. The average molecular weight is 451 g/mol. The van der Waals surface area contributed by atoms with E-state index < -0.39 is 22.0 Å². The Hall–Kier alpha value is -2.17. The molecule has 2 heterocycles. The van der Waals surface area contributed by atoms with Crippen molar-refractivity contribution in [2.45, 2.75) is 56.7 Å². The fourth-order valence-corrected chi connectivity index (χ4v) is 5.53. The summed E-state index contributed by atoms with van der Waals surface area (Å²) < 4.78 is 55.4. The third kappa shape index (κ3) is 3.50. The summed E-state index contributed by atoms with van der Waals surface area (Å²) >= 11 is 0. The number of anilines is 1. The molecule has 1 fully saturated rings. The van der Waals surface area contributed by atoms with Crippen molar-refractivity contribution in [3.63, 3.8) is 0 Å². The molecule has 1 saturated heterocycles. The van der Waals surface area contributed by atoms with Gasteiger partial charge in [0.15, 0.2) is 0 Å². The molecule has 3 atom stereocenters. The Morgan fingerprint density at radius 1 is 1.26 bits per heavy atom. The van der Waals surface area contributed by atoms with Gasteiger partial charge in [-0.1, -0.05) is 12.1 Å². The van der Waals surface area contributed by atoms with Crippen LogP contribution in [0.25, 0.3) is 11.3 Å². The number of aryl methyl sites for hydroxylation is 1. The van der Waals surface area contributed by atoms with Gasteiger partial charge < -0.3 is 10.0 Å². The van der Waals surface area contributed by atoms with E-state index in [0.29, 0.717) is 29.8 Å². The highest BCUT2D eigenvalue weighted by Crippen LogP contribution is 2.45. The van der Waals surface area contributed by atoms with Gasteiger partial charge in [-0.2, -0.15) is 8.78 Å². The molecule has 1 aromatic carbocycles. The smallest absolute Gasteiger partial charge is 0.290 e. The van der Waals surface area contributed by atoms with Crippen LogP contribution in [0.4, 0.5) is 14.7 Å². The van der Waals surface area contributed by atoms with E-state index in [1.165, 1.54) is 0 Å². The summed E-state index contributed by atoms with van der Waals surface area (Å²) in [7, 11) is -3.38. The van der Waals surface area contributed by atoms with Gasteiger partial charge in [0.1, 0.15) is 5.69 Å². The maximum absolute atomic E-state index is 14.6. The Morgan fingerprint density at radius 2 is 2.03 bits per heavy atom. The number of sulfonamides is 1. The molecule has 7 nitrogen and oxygen atoms in total. The lowest BCUT2D eigenvalue weighted by Gasteiger charge is -2.43. The van der Waals surface area contributed by atoms with E-state index >= 15 is 0 Å². The minimum absolute atomic E-state index is 0.179. The Labute approximate surface area is 179 Å². The molecular formula is C21H24F2N4O3S. The van der Waals surface area contributed by atoms with Gasteiger partial charge in [-0.3, -0.25) is 0 Å². The van der Waals surface area contributed by atoms with Crippen molar-refractivity contribution in [1.29, 1.82) is 0 Å². The fraction of sp³-hybridized carbons (Fsp3) is 0.524. The fourth-order valence-electron chi connectivity index (χ4n) is 4.76. The van der Waals surface area contributed by atoms with E-state index in [2.05, 4.69) is 14.7 Å². The topological polar surface area (TPSA) is 95.4 Å². The Morgan fingerprint density at radius 3 is 2.71 bits per heavy atom. The van der Waals surface area contributed by atoms with Crippen LogP contribution in [0.15, 0.2) is 18.2 Å². The second kappa shape index (κ2) is 6.91. The number of aromatic nitrogens is 2. The lowest BCUT2D eigenvalue weighted by molar-refractivity contribution is -0.00603. The Balaban J connectivity index is 1.61. The van der Waals surface area contributed by atoms with Crippen molar-refractivity contribution in [1.82, 2.24) is 14.7 Å². The summed E-state index contributed by atoms with van der Waals surface area (Å²) in [6, 6.07) is 5.06. The van der Waals surface area contributed by atoms with E-state index in [1.807, 2.05) is 18.2 Å². The number of hydrogen-bond donors (Lipinski definition) is 2. The van der Waals surface area contributed by atoms with E-state index in [0.717, 1.165) is 23.8 Å². The number of nitrogens with zero attached hydrogens (tertiary/aromatic N) is 3. The minimum atomic E-state index is -3.38. The molecule has 10 heteroatoms. The molecule has 0 saturated carbocycles. The van der Waals surface area contributed by atoms with E-state index in [1.54, 1.807) is 11.8 Å².